The predicted molar refractivity (Wildman–Crippen MR) is 66.5 cm³/mol. The van der Waals surface area contributed by atoms with Crippen molar-refractivity contribution in [1.82, 2.24) is 4.98 Å². The summed E-state index contributed by atoms with van der Waals surface area (Å²) in [6.07, 6.45) is 0.749. The van der Waals surface area contributed by atoms with Gasteiger partial charge in [-0.2, -0.15) is 0 Å². The number of fused-ring (bicyclic) bond motifs is 1. The summed E-state index contributed by atoms with van der Waals surface area (Å²) in [5, 5.41) is 0.830. The summed E-state index contributed by atoms with van der Waals surface area (Å²) in [6.45, 7) is 1.87. The highest BCUT2D eigenvalue weighted by Gasteiger charge is 2.27. The minimum atomic E-state index is -1.31. The first-order valence-electron chi connectivity index (χ1n) is 5.40. The van der Waals surface area contributed by atoms with E-state index in [9.17, 15) is 4.39 Å². The lowest BCUT2D eigenvalue weighted by molar-refractivity contribution is 0.167. The first kappa shape index (κ1) is 11.5. The van der Waals surface area contributed by atoms with Crippen molar-refractivity contribution in [3.05, 3.63) is 29.3 Å². The molecular formula is C12H15FN2S. The second-order valence-corrected chi connectivity index (χ2v) is 5.08. The van der Waals surface area contributed by atoms with Gasteiger partial charge in [0.25, 0.3) is 0 Å². The van der Waals surface area contributed by atoms with Crippen LogP contribution in [0, 0.1) is 0 Å². The second kappa shape index (κ2) is 4.47. The summed E-state index contributed by atoms with van der Waals surface area (Å²) >= 11 is 1.55. The molecule has 0 aliphatic rings. The van der Waals surface area contributed by atoms with Crippen LogP contribution < -0.4 is 5.73 Å². The summed E-state index contributed by atoms with van der Waals surface area (Å²) in [5.41, 5.74) is 5.09. The Kier molecular flexibility index (Phi) is 3.21. The quantitative estimate of drug-likeness (QED) is 0.889. The summed E-state index contributed by atoms with van der Waals surface area (Å²) < 4.78 is 15.2. The van der Waals surface area contributed by atoms with E-state index in [1.807, 2.05) is 31.2 Å². The standard InChI is InChI=1S/C12H15FN2S/c1-2-12(13,8-14)7-11-15-9-5-3-4-6-10(9)16-11/h3-6H,2,7-8,14H2,1H3. The van der Waals surface area contributed by atoms with Crippen LogP contribution in [0.1, 0.15) is 18.4 Å². The second-order valence-electron chi connectivity index (χ2n) is 3.96. The molecule has 0 amide bonds. The summed E-state index contributed by atoms with van der Waals surface area (Å²) in [6, 6.07) is 7.86. The third-order valence-electron chi connectivity index (χ3n) is 2.81. The van der Waals surface area contributed by atoms with Crippen LogP contribution in [-0.4, -0.2) is 17.2 Å². The monoisotopic (exact) mass is 238 g/mol. The first-order chi connectivity index (χ1) is 7.67. The minimum Gasteiger partial charge on any atom is -0.328 e. The molecule has 2 N–H and O–H groups in total. The van der Waals surface area contributed by atoms with E-state index < -0.39 is 5.67 Å². The van der Waals surface area contributed by atoms with Gasteiger partial charge < -0.3 is 5.73 Å². The van der Waals surface area contributed by atoms with Crippen molar-refractivity contribution in [2.75, 3.05) is 6.54 Å². The van der Waals surface area contributed by atoms with Gasteiger partial charge in [-0.25, -0.2) is 9.37 Å². The predicted octanol–water partition coefficient (Wildman–Crippen LogP) is 2.92. The molecule has 0 saturated heterocycles. The van der Waals surface area contributed by atoms with Gasteiger partial charge in [-0.15, -0.1) is 11.3 Å². The van der Waals surface area contributed by atoms with Crippen LogP contribution in [0.4, 0.5) is 4.39 Å². The molecule has 0 aliphatic carbocycles. The van der Waals surface area contributed by atoms with Crippen LogP contribution in [0.3, 0.4) is 0 Å². The molecule has 86 valence electrons. The largest absolute Gasteiger partial charge is 0.328 e. The molecule has 1 aromatic heterocycles. The topological polar surface area (TPSA) is 38.9 Å². The van der Waals surface area contributed by atoms with Gasteiger partial charge in [0.15, 0.2) is 0 Å². The molecule has 0 aliphatic heterocycles. The lowest BCUT2D eigenvalue weighted by atomic mass is 9.99. The Morgan fingerprint density at radius 2 is 2.19 bits per heavy atom. The number of benzene rings is 1. The van der Waals surface area contributed by atoms with Crippen molar-refractivity contribution in [3.63, 3.8) is 0 Å². The molecule has 1 atom stereocenters. The van der Waals surface area contributed by atoms with E-state index in [2.05, 4.69) is 4.98 Å². The van der Waals surface area contributed by atoms with Crippen molar-refractivity contribution in [3.8, 4) is 0 Å². The highest BCUT2D eigenvalue weighted by Crippen LogP contribution is 2.27. The van der Waals surface area contributed by atoms with Crippen LogP contribution in [0.2, 0.25) is 0 Å². The van der Waals surface area contributed by atoms with Gasteiger partial charge in [-0.1, -0.05) is 19.1 Å². The zero-order chi connectivity index (χ0) is 11.6. The number of para-hydroxylation sites is 1. The Morgan fingerprint density at radius 3 is 2.81 bits per heavy atom. The Labute approximate surface area is 98.3 Å². The Balaban J connectivity index is 2.27. The maximum absolute atomic E-state index is 14.1. The van der Waals surface area contributed by atoms with Crippen molar-refractivity contribution in [2.45, 2.75) is 25.4 Å². The molecule has 4 heteroatoms. The molecule has 2 nitrogen and oxygen atoms in total. The maximum Gasteiger partial charge on any atom is 0.129 e. The maximum atomic E-state index is 14.1. The van der Waals surface area contributed by atoms with Crippen molar-refractivity contribution < 1.29 is 4.39 Å². The van der Waals surface area contributed by atoms with Gasteiger partial charge in [0.1, 0.15) is 5.67 Å². The number of nitrogens with two attached hydrogens (primary N) is 1. The molecule has 0 saturated carbocycles. The Morgan fingerprint density at radius 1 is 1.44 bits per heavy atom. The van der Waals surface area contributed by atoms with E-state index in [-0.39, 0.29) is 6.54 Å². The molecule has 16 heavy (non-hydrogen) atoms. The van der Waals surface area contributed by atoms with Crippen LogP contribution >= 0.6 is 11.3 Å². The lowest BCUT2D eigenvalue weighted by Crippen LogP contribution is -2.34. The fraction of sp³-hybridized carbons (Fsp3) is 0.417. The van der Waals surface area contributed by atoms with Gasteiger partial charge in [0.2, 0.25) is 0 Å². The number of nitrogens with zero attached hydrogens (tertiary/aromatic N) is 1. The molecule has 2 rings (SSSR count). The number of thiazole rings is 1. The first-order valence-corrected chi connectivity index (χ1v) is 6.22. The average molecular weight is 238 g/mol. The molecule has 1 aromatic carbocycles. The van der Waals surface area contributed by atoms with Crippen LogP contribution in [0.25, 0.3) is 10.2 Å². The van der Waals surface area contributed by atoms with Gasteiger partial charge in [-0.05, 0) is 18.6 Å². The number of rotatable bonds is 4. The van der Waals surface area contributed by atoms with Crippen molar-refractivity contribution >= 4 is 21.6 Å². The number of aromatic nitrogens is 1. The minimum absolute atomic E-state index is 0.0550. The third-order valence-corrected chi connectivity index (χ3v) is 3.84. The van der Waals surface area contributed by atoms with E-state index in [0.717, 1.165) is 15.2 Å². The number of hydrogen-bond donors (Lipinski definition) is 1. The molecule has 2 aromatic rings. The highest BCUT2D eigenvalue weighted by atomic mass is 32.1. The number of hydrogen-bond acceptors (Lipinski definition) is 3. The van der Waals surface area contributed by atoms with E-state index in [1.54, 1.807) is 11.3 Å². The number of halogens is 1. The summed E-state index contributed by atoms with van der Waals surface area (Å²) in [7, 11) is 0. The number of alkyl halides is 1. The van der Waals surface area contributed by atoms with Crippen molar-refractivity contribution in [2.24, 2.45) is 5.73 Å². The summed E-state index contributed by atoms with van der Waals surface area (Å²) in [5.74, 6) is 0. The summed E-state index contributed by atoms with van der Waals surface area (Å²) in [4.78, 5) is 4.42. The highest BCUT2D eigenvalue weighted by molar-refractivity contribution is 7.18. The zero-order valence-electron chi connectivity index (χ0n) is 9.24. The zero-order valence-corrected chi connectivity index (χ0v) is 10.1. The smallest absolute Gasteiger partial charge is 0.129 e. The lowest BCUT2D eigenvalue weighted by Gasteiger charge is -2.19. The molecule has 0 spiro atoms. The van der Waals surface area contributed by atoms with Crippen LogP contribution in [0.5, 0.6) is 0 Å². The van der Waals surface area contributed by atoms with E-state index in [0.29, 0.717) is 12.8 Å². The van der Waals surface area contributed by atoms with Gasteiger partial charge >= 0.3 is 0 Å². The normalized spacial score (nSPS) is 15.2. The fourth-order valence-electron chi connectivity index (χ4n) is 1.61. The van der Waals surface area contributed by atoms with E-state index in [1.165, 1.54) is 0 Å². The molecule has 1 heterocycles. The molecular weight excluding hydrogens is 223 g/mol. The van der Waals surface area contributed by atoms with E-state index in [4.69, 9.17) is 5.73 Å². The Hall–Kier alpha value is -1.00. The van der Waals surface area contributed by atoms with Crippen molar-refractivity contribution in [1.29, 1.82) is 0 Å². The van der Waals surface area contributed by atoms with Crippen LogP contribution in [0.15, 0.2) is 24.3 Å². The van der Waals surface area contributed by atoms with Gasteiger partial charge in [0.05, 0.1) is 15.2 Å². The molecule has 0 fully saturated rings. The average Bonchev–Trinajstić information content (AvgIpc) is 2.70. The fourth-order valence-corrected chi connectivity index (χ4v) is 2.70. The van der Waals surface area contributed by atoms with Gasteiger partial charge in [-0.3, -0.25) is 0 Å². The molecule has 0 bridgehead atoms. The molecule has 0 radical (unpaired) electrons. The molecule has 1 unspecified atom stereocenters. The van der Waals surface area contributed by atoms with Gasteiger partial charge in [0, 0.05) is 13.0 Å². The van der Waals surface area contributed by atoms with Crippen LogP contribution in [-0.2, 0) is 6.42 Å². The SMILES string of the molecule is CCC(F)(CN)Cc1nc2ccccc2s1. The third kappa shape index (κ3) is 2.23. The Bertz CT molecular complexity index is 444. The van der Waals surface area contributed by atoms with E-state index >= 15 is 0 Å².